The number of aliphatic hydroxyl groups is 1. The van der Waals surface area contributed by atoms with Crippen LogP contribution in [-0.4, -0.2) is 242 Å². The molecule has 32 nitrogen and oxygen atoms in total. The molecule has 6 aliphatic rings. The Balaban J connectivity index is 0.000000170. The summed E-state index contributed by atoms with van der Waals surface area (Å²) >= 11 is 4.62. The monoisotopic (exact) mass is 1520 g/mol. The normalized spacial score (nSPS) is 33.0. The second kappa shape index (κ2) is 39.2. The zero-order valence-electron chi connectivity index (χ0n) is 61.2. The standard InChI is InChI=1S/C24H32N6O5S.C24H34N4O5S.C23H30N6O6S/c1-14-19(30-10-18(26-29-30)17-8-6-5-7-9-17)11-33-13-21(14)36-24-23(32-4)22(27-28-25)15(2)20(35-24)12-34-16(3)31;1-14-19(28-10-18(26-27-28)17-8-6-5-7-9-17)11-31-13-21(14)34-24-23(30-4)22(25)15(2)20(33-24)12-32-16(3)29;1-13-18(11-34-14(2)30)35-23(22(32-3)20(13)26-27-24)36-19-12-33-10-17(21(19)31)29-9-16(25-28-29)15-7-5-4-6-8-15/h5-10,14-15,19-24H,11-13H2,1-4H3;5-10,14-15,19-24H,11-13,25H2,1-4H3;4-9,13,17-23,31H,10-12H2,1-3H3. The van der Waals surface area contributed by atoms with Crippen molar-refractivity contribution in [3.63, 3.8) is 0 Å². The van der Waals surface area contributed by atoms with Gasteiger partial charge in [0, 0.05) is 91.1 Å². The summed E-state index contributed by atoms with van der Waals surface area (Å²) in [6, 6.07) is 27.9. The van der Waals surface area contributed by atoms with Crippen molar-refractivity contribution in [2.24, 2.45) is 45.6 Å². The molecule has 3 aromatic carbocycles. The summed E-state index contributed by atoms with van der Waals surface area (Å²) < 4.78 is 75.1. The quantitative estimate of drug-likeness (QED) is 0.0198. The third-order valence-corrected chi connectivity index (χ3v) is 24.9. The fourth-order valence-corrected chi connectivity index (χ4v) is 18.5. The van der Waals surface area contributed by atoms with E-state index in [2.05, 4.69) is 64.8 Å². The van der Waals surface area contributed by atoms with E-state index in [0.717, 1.165) is 28.1 Å². The maximum atomic E-state index is 11.4. The summed E-state index contributed by atoms with van der Waals surface area (Å²) in [5.41, 5.74) is 28.8. The highest BCUT2D eigenvalue weighted by Crippen LogP contribution is 2.45. The van der Waals surface area contributed by atoms with Crippen LogP contribution in [0.3, 0.4) is 0 Å². The van der Waals surface area contributed by atoms with Gasteiger partial charge in [0.15, 0.2) is 0 Å². The molecule has 6 aromatic rings. The molecule has 574 valence electrons. The molecule has 3 N–H and O–H groups in total. The Labute approximate surface area is 628 Å². The predicted molar refractivity (Wildman–Crippen MR) is 394 cm³/mol. The van der Waals surface area contributed by atoms with Crippen molar-refractivity contribution in [2.75, 3.05) is 80.8 Å². The Morgan fingerprint density at radius 3 is 1.16 bits per heavy atom. The average Bonchev–Trinajstić information content (AvgIpc) is 0.962. The third-order valence-electron chi connectivity index (χ3n) is 20.3. The highest BCUT2D eigenvalue weighted by Gasteiger charge is 2.50. The van der Waals surface area contributed by atoms with E-state index < -0.39 is 65.5 Å². The van der Waals surface area contributed by atoms with Crippen LogP contribution in [-0.2, 0) is 71.2 Å². The van der Waals surface area contributed by atoms with Gasteiger partial charge in [0.1, 0.15) is 77.6 Å². The van der Waals surface area contributed by atoms with E-state index in [9.17, 15) is 25.0 Å². The first-order valence-electron chi connectivity index (χ1n) is 35.3. The van der Waals surface area contributed by atoms with Gasteiger partial charge in [-0.3, -0.25) is 14.4 Å². The average molecular weight is 1530 g/mol. The number of azide groups is 2. The number of methoxy groups -OCH3 is 3. The van der Waals surface area contributed by atoms with Crippen LogP contribution < -0.4 is 5.73 Å². The van der Waals surface area contributed by atoms with Gasteiger partial charge in [-0.25, -0.2) is 14.0 Å². The summed E-state index contributed by atoms with van der Waals surface area (Å²) in [7, 11) is 4.77. The topological polar surface area (TPSA) is 398 Å². The number of nitrogens with two attached hydrogens (primary N) is 1. The number of ether oxygens (including phenoxy) is 12. The number of aromatic nitrogens is 9. The van der Waals surface area contributed by atoms with E-state index in [1.54, 1.807) is 48.6 Å². The fourth-order valence-electron chi connectivity index (χ4n) is 13.8. The lowest BCUT2D eigenvalue weighted by atomic mass is 9.89. The van der Waals surface area contributed by atoms with Crippen molar-refractivity contribution in [3.05, 3.63) is 130 Å². The zero-order valence-corrected chi connectivity index (χ0v) is 63.6. The van der Waals surface area contributed by atoms with Gasteiger partial charge in [0.25, 0.3) is 0 Å². The first-order chi connectivity index (χ1) is 51.2. The Hall–Kier alpha value is -7.28. The summed E-state index contributed by atoms with van der Waals surface area (Å²) in [5, 5.41) is 45.1. The molecule has 9 heterocycles. The maximum Gasteiger partial charge on any atom is 0.302 e. The van der Waals surface area contributed by atoms with Crippen LogP contribution in [0.5, 0.6) is 0 Å². The largest absolute Gasteiger partial charge is 0.463 e. The van der Waals surface area contributed by atoms with E-state index >= 15 is 0 Å². The van der Waals surface area contributed by atoms with Crippen LogP contribution in [0.2, 0.25) is 0 Å². The number of rotatable bonds is 23. The first-order valence-corrected chi connectivity index (χ1v) is 38.1. The molecule has 0 saturated carbocycles. The van der Waals surface area contributed by atoms with Gasteiger partial charge in [0.2, 0.25) is 0 Å². The molecule has 0 aliphatic carbocycles. The number of thioether (sulfide) groups is 3. The number of hydrogen-bond acceptors (Lipinski definition) is 28. The Bertz CT molecular complexity index is 3680. The SMILES string of the molecule is COC1C(SC2COCC(n3cc(-c4ccccc4)nn3)C2C)OC(COC(C)=O)C(C)C1N.COC1C(SC2COCC(n3cc(-c4ccccc4)nn3)C2C)OC(COC(C)=O)C(C)C1N=[N+]=[N-].COC1C(SC2COCC(n3cc(-c4ccccc4)nn3)C2O)OC(COC(C)=O)C(C)C1N=[N+]=[N-]. The summed E-state index contributed by atoms with van der Waals surface area (Å²) in [6.07, 6.45) is 2.38. The van der Waals surface area contributed by atoms with Crippen molar-refractivity contribution >= 4 is 53.2 Å². The number of hydrogen-bond donors (Lipinski definition) is 2. The van der Waals surface area contributed by atoms with Gasteiger partial charge in [-0.1, -0.05) is 151 Å². The molecule has 6 aliphatic heterocycles. The van der Waals surface area contributed by atoms with Crippen molar-refractivity contribution in [2.45, 2.75) is 166 Å². The van der Waals surface area contributed by atoms with Crippen molar-refractivity contribution < 1.29 is 76.3 Å². The summed E-state index contributed by atoms with van der Waals surface area (Å²) in [6.45, 7) is 17.3. The molecular formula is C71H96N16O16S3. The third kappa shape index (κ3) is 20.3. The van der Waals surface area contributed by atoms with Crippen LogP contribution >= 0.6 is 35.3 Å². The predicted octanol–water partition coefficient (Wildman–Crippen LogP) is 8.99. The van der Waals surface area contributed by atoms with Crippen LogP contribution in [0.15, 0.2) is 120 Å². The summed E-state index contributed by atoms with van der Waals surface area (Å²) in [5.74, 6) is -1.18. The number of esters is 3. The van der Waals surface area contributed by atoms with E-state index in [4.69, 9.17) is 68.1 Å². The highest BCUT2D eigenvalue weighted by atomic mass is 32.2. The Morgan fingerprint density at radius 2 is 0.811 bits per heavy atom. The van der Waals surface area contributed by atoms with Gasteiger partial charge in [-0.2, -0.15) is 0 Å². The van der Waals surface area contributed by atoms with E-state index in [1.807, 2.05) is 134 Å². The molecule has 24 atom stereocenters. The molecule has 106 heavy (non-hydrogen) atoms. The molecular weight excluding hydrogens is 1430 g/mol. The van der Waals surface area contributed by atoms with Gasteiger partial charge in [0.05, 0.1) is 112 Å². The van der Waals surface area contributed by atoms with Crippen molar-refractivity contribution in [3.8, 4) is 33.8 Å². The first kappa shape index (κ1) is 81.2. The van der Waals surface area contributed by atoms with Crippen molar-refractivity contribution in [1.82, 2.24) is 45.0 Å². The number of carbonyl (C=O) groups excluding carboxylic acids is 3. The molecule has 0 amide bonds. The molecule has 24 unspecified atom stereocenters. The van der Waals surface area contributed by atoms with Gasteiger partial charge < -0.3 is 67.7 Å². The van der Waals surface area contributed by atoms with Crippen LogP contribution in [0.25, 0.3) is 54.7 Å². The Morgan fingerprint density at radius 1 is 0.491 bits per heavy atom. The molecule has 6 fully saturated rings. The van der Waals surface area contributed by atoms with Gasteiger partial charge in [-0.15, -0.1) is 50.6 Å². The molecule has 35 heteroatoms. The highest BCUT2D eigenvalue weighted by molar-refractivity contribution is 8.01. The summed E-state index contributed by atoms with van der Waals surface area (Å²) in [4.78, 5) is 40.1. The number of benzene rings is 3. The smallest absolute Gasteiger partial charge is 0.302 e. The second-order valence-electron chi connectivity index (χ2n) is 27.1. The van der Waals surface area contributed by atoms with Gasteiger partial charge >= 0.3 is 17.9 Å². The second-order valence-corrected chi connectivity index (χ2v) is 31.1. The fraction of sp³-hybridized carbons (Fsp3) is 0.620. The molecule has 12 rings (SSSR count). The zero-order chi connectivity index (χ0) is 75.6. The lowest BCUT2D eigenvalue weighted by molar-refractivity contribution is -0.163. The lowest BCUT2D eigenvalue weighted by Gasteiger charge is -2.45. The molecule has 3 aromatic heterocycles. The molecule has 6 saturated heterocycles. The number of carbonyl (C=O) groups is 3. The lowest BCUT2D eigenvalue weighted by Crippen LogP contribution is -2.59. The van der Waals surface area contributed by atoms with Crippen molar-refractivity contribution in [1.29, 1.82) is 0 Å². The van der Waals surface area contributed by atoms with E-state index in [-0.39, 0.29) is 126 Å². The number of nitrogens with zero attached hydrogens (tertiary/aromatic N) is 15. The van der Waals surface area contributed by atoms with E-state index in [1.165, 1.54) is 39.6 Å². The van der Waals surface area contributed by atoms with Crippen LogP contribution in [0.1, 0.15) is 73.5 Å². The Kier molecular flexibility index (Phi) is 30.0. The minimum atomic E-state index is -0.820. The van der Waals surface area contributed by atoms with Crippen LogP contribution in [0, 0.1) is 29.6 Å². The minimum absolute atomic E-state index is 0.00510. The van der Waals surface area contributed by atoms with Crippen LogP contribution in [0.4, 0.5) is 0 Å². The van der Waals surface area contributed by atoms with Gasteiger partial charge in [-0.05, 0) is 34.7 Å². The molecule has 0 radical (unpaired) electrons. The maximum absolute atomic E-state index is 11.4. The molecule has 0 bridgehead atoms. The minimum Gasteiger partial charge on any atom is -0.463 e. The number of aliphatic hydroxyl groups excluding tert-OH is 1. The van der Waals surface area contributed by atoms with E-state index in [0.29, 0.717) is 32.1 Å². The molecule has 0 spiro atoms.